The summed E-state index contributed by atoms with van der Waals surface area (Å²) >= 11 is 0. The van der Waals surface area contributed by atoms with Gasteiger partial charge in [0.1, 0.15) is 11.3 Å². The number of rotatable bonds is 2. The summed E-state index contributed by atoms with van der Waals surface area (Å²) in [5, 5.41) is 10.4. The lowest BCUT2D eigenvalue weighted by atomic mass is 10.0. The van der Waals surface area contributed by atoms with Crippen molar-refractivity contribution < 1.29 is 14.6 Å². The van der Waals surface area contributed by atoms with Crippen molar-refractivity contribution in [1.82, 2.24) is 9.97 Å². The first kappa shape index (κ1) is 14.4. The van der Waals surface area contributed by atoms with Gasteiger partial charge in [0.25, 0.3) is 0 Å². The SMILES string of the molecule is CC(C)(C)OC(=O)C(C)(O)c1cnc2ccccc2n1. The van der Waals surface area contributed by atoms with Gasteiger partial charge >= 0.3 is 5.97 Å². The van der Waals surface area contributed by atoms with Gasteiger partial charge in [-0.1, -0.05) is 12.1 Å². The Kier molecular flexibility index (Phi) is 3.48. The van der Waals surface area contributed by atoms with Crippen molar-refractivity contribution in [1.29, 1.82) is 0 Å². The van der Waals surface area contributed by atoms with E-state index in [1.54, 1.807) is 26.8 Å². The largest absolute Gasteiger partial charge is 0.458 e. The average Bonchev–Trinajstić information content (AvgIpc) is 2.36. The fourth-order valence-corrected chi connectivity index (χ4v) is 1.67. The first-order chi connectivity index (χ1) is 9.20. The number of ether oxygens (including phenoxy) is 1. The maximum atomic E-state index is 12.1. The zero-order valence-electron chi connectivity index (χ0n) is 12.0. The predicted octanol–water partition coefficient (Wildman–Crippen LogP) is 2.18. The van der Waals surface area contributed by atoms with Gasteiger partial charge in [0.05, 0.1) is 17.2 Å². The zero-order valence-corrected chi connectivity index (χ0v) is 12.0. The molecular weight excluding hydrogens is 256 g/mol. The van der Waals surface area contributed by atoms with Gasteiger partial charge < -0.3 is 9.84 Å². The first-order valence-electron chi connectivity index (χ1n) is 6.38. The molecule has 1 unspecified atom stereocenters. The molecule has 20 heavy (non-hydrogen) atoms. The first-order valence-corrected chi connectivity index (χ1v) is 6.38. The van der Waals surface area contributed by atoms with Gasteiger partial charge in [0.15, 0.2) is 0 Å². The molecule has 0 amide bonds. The van der Waals surface area contributed by atoms with Crippen LogP contribution in [0.5, 0.6) is 0 Å². The predicted molar refractivity (Wildman–Crippen MR) is 75.0 cm³/mol. The van der Waals surface area contributed by atoms with Crippen LogP contribution in [-0.2, 0) is 15.1 Å². The molecular formula is C15H18N2O3. The third-order valence-electron chi connectivity index (χ3n) is 2.74. The van der Waals surface area contributed by atoms with E-state index in [-0.39, 0.29) is 5.69 Å². The summed E-state index contributed by atoms with van der Waals surface area (Å²) < 4.78 is 5.21. The molecule has 1 N–H and O–H groups in total. The summed E-state index contributed by atoms with van der Waals surface area (Å²) in [6.45, 7) is 6.59. The Hall–Kier alpha value is -2.01. The number of hydrogen-bond acceptors (Lipinski definition) is 5. The Balaban J connectivity index is 2.38. The quantitative estimate of drug-likeness (QED) is 0.850. The van der Waals surface area contributed by atoms with E-state index in [1.165, 1.54) is 13.1 Å². The van der Waals surface area contributed by atoms with Crippen molar-refractivity contribution in [3.05, 3.63) is 36.2 Å². The molecule has 106 valence electrons. The topological polar surface area (TPSA) is 72.3 Å². The lowest BCUT2D eigenvalue weighted by Crippen LogP contribution is -2.39. The van der Waals surface area contributed by atoms with E-state index >= 15 is 0 Å². The Morgan fingerprint density at radius 3 is 2.35 bits per heavy atom. The van der Waals surface area contributed by atoms with E-state index in [9.17, 15) is 9.90 Å². The van der Waals surface area contributed by atoms with Crippen LogP contribution >= 0.6 is 0 Å². The molecule has 0 spiro atoms. The second-order valence-corrected chi connectivity index (χ2v) is 5.82. The number of aromatic nitrogens is 2. The van der Waals surface area contributed by atoms with Crippen LogP contribution in [0.2, 0.25) is 0 Å². The summed E-state index contributed by atoms with van der Waals surface area (Å²) in [6.07, 6.45) is 1.40. The minimum absolute atomic E-state index is 0.172. The van der Waals surface area contributed by atoms with Crippen LogP contribution in [0.25, 0.3) is 11.0 Å². The van der Waals surface area contributed by atoms with Gasteiger partial charge in [0, 0.05) is 0 Å². The molecule has 5 heteroatoms. The van der Waals surface area contributed by atoms with Gasteiger partial charge in [-0.15, -0.1) is 0 Å². The molecule has 0 radical (unpaired) electrons. The number of aliphatic hydroxyl groups is 1. The monoisotopic (exact) mass is 274 g/mol. The van der Waals surface area contributed by atoms with Crippen molar-refractivity contribution in [2.24, 2.45) is 0 Å². The van der Waals surface area contributed by atoms with Crippen molar-refractivity contribution in [3.8, 4) is 0 Å². The van der Waals surface area contributed by atoms with Crippen LogP contribution < -0.4 is 0 Å². The highest BCUT2D eigenvalue weighted by Crippen LogP contribution is 2.24. The summed E-state index contributed by atoms with van der Waals surface area (Å²) in [5.74, 6) is -0.741. The maximum Gasteiger partial charge on any atom is 0.344 e. The van der Waals surface area contributed by atoms with Gasteiger partial charge in [-0.2, -0.15) is 0 Å². The Morgan fingerprint density at radius 2 is 1.75 bits per heavy atom. The van der Waals surface area contributed by atoms with Crippen LogP contribution in [-0.4, -0.2) is 26.6 Å². The third kappa shape index (κ3) is 2.93. The number of carbonyl (C=O) groups excluding carboxylic acids is 1. The van der Waals surface area contributed by atoms with Crippen molar-refractivity contribution >= 4 is 17.0 Å². The molecule has 0 bridgehead atoms. The standard InChI is InChI=1S/C15H18N2O3/c1-14(2,3)20-13(18)15(4,19)12-9-16-10-7-5-6-8-11(10)17-12/h5-9,19H,1-4H3. The molecule has 1 atom stereocenters. The van der Waals surface area contributed by atoms with Crippen LogP contribution in [0.15, 0.2) is 30.5 Å². The van der Waals surface area contributed by atoms with Gasteiger partial charge in [0.2, 0.25) is 5.60 Å². The highest BCUT2D eigenvalue weighted by atomic mass is 16.6. The van der Waals surface area contributed by atoms with Gasteiger partial charge in [-0.3, -0.25) is 4.98 Å². The number of para-hydroxylation sites is 2. The fourth-order valence-electron chi connectivity index (χ4n) is 1.67. The summed E-state index contributed by atoms with van der Waals surface area (Å²) in [7, 11) is 0. The Bertz CT molecular complexity index is 645. The number of hydrogen-bond donors (Lipinski definition) is 1. The molecule has 5 nitrogen and oxygen atoms in total. The number of carbonyl (C=O) groups is 1. The van der Waals surface area contributed by atoms with E-state index in [0.29, 0.717) is 11.0 Å². The second-order valence-electron chi connectivity index (χ2n) is 5.82. The van der Waals surface area contributed by atoms with E-state index in [4.69, 9.17) is 4.74 Å². The van der Waals surface area contributed by atoms with Crippen LogP contribution in [0.1, 0.15) is 33.4 Å². The number of fused-ring (bicyclic) bond motifs is 1. The van der Waals surface area contributed by atoms with Crippen LogP contribution in [0, 0.1) is 0 Å². The normalized spacial score (nSPS) is 14.8. The summed E-state index contributed by atoms with van der Waals surface area (Å²) in [5.41, 5.74) is -1.01. The molecule has 0 fully saturated rings. The van der Waals surface area contributed by atoms with E-state index in [1.807, 2.05) is 18.2 Å². The Labute approximate surface area is 117 Å². The zero-order chi connectivity index (χ0) is 15.0. The number of nitrogens with zero attached hydrogens (tertiary/aromatic N) is 2. The molecule has 1 aromatic heterocycles. The second kappa shape index (κ2) is 4.83. The third-order valence-corrected chi connectivity index (χ3v) is 2.74. The smallest absolute Gasteiger partial charge is 0.344 e. The fraction of sp³-hybridized carbons (Fsp3) is 0.400. The minimum Gasteiger partial charge on any atom is -0.458 e. The summed E-state index contributed by atoms with van der Waals surface area (Å²) in [6, 6.07) is 7.26. The molecule has 0 aliphatic carbocycles. The van der Waals surface area contributed by atoms with Crippen molar-refractivity contribution in [2.45, 2.75) is 38.9 Å². The highest BCUT2D eigenvalue weighted by molar-refractivity contribution is 5.81. The highest BCUT2D eigenvalue weighted by Gasteiger charge is 2.38. The van der Waals surface area contributed by atoms with Crippen LogP contribution in [0.3, 0.4) is 0 Å². The molecule has 2 aromatic rings. The van der Waals surface area contributed by atoms with E-state index in [2.05, 4.69) is 9.97 Å². The molecule has 0 aliphatic rings. The van der Waals surface area contributed by atoms with E-state index in [0.717, 1.165) is 0 Å². The minimum atomic E-state index is -1.83. The molecule has 0 saturated carbocycles. The van der Waals surface area contributed by atoms with E-state index < -0.39 is 17.2 Å². The molecule has 1 heterocycles. The maximum absolute atomic E-state index is 12.1. The molecule has 1 aromatic carbocycles. The molecule has 0 saturated heterocycles. The number of esters is 1. The molecule has 2 rings (SSSR count). The van der Waals surface area contributed by atoms with Crippen molar-refractivity contribution in [3.63, 3.8) is 0 Å². The van der Waals surface area contributed by atoms with Gasteiger partial charge in [-0.25, -0.2) is 9.78 Å². The summed E-state index contributed by atoms with van der Waals surface area (Å²) in [4.78, 5) is 20.6. The van der Waals surface area contributed by atoms with Gasteiger partial charge in [-0.05, 0) is 39.8 Å². The lowest BCUT2D eigenvalue weighted by molar-refractivity contribution is -0.176. The average molecular weight is 274 g/mol. The van der Waals surface area contributed by atoms with Crippen molar-refractivity contribution in [2.75, 3.05) is 0 Å². The van der Waals surface area contributed by atoms with Crippen LogP contribution in [0.4, 0.5) is 0 Å². The lowest BCUT2D eigenvalue weighted by Gasteiger charge is -2.26. The number of benzene rings is 1. The Morgan fingerprint density at radius 1 is 1.15 bits per heavy atom. The molecule has 0 aliphatic heterocycles.